The molecule has 5 heteroatoms. The van der Waals surface area contributed by atoms with E-state index in [1.165, 1.54) is 10.5 Å². The maximum absolute atomic E-state index is 12.4. The molecular weight excluding hydrogens is 318 g/mol. The first-order chi connectivity index (χ1) is 11.8. The van der Waals surface area contributed by atoms with Gasteiger partial charge >= 0.3 is 5.97 Å². The highest BCUT2D eigenvalue weighted by Gasteiger charge is 2.40. The Kier molecular flexibility index (Phi) is 6.34. The molecule has 1 aromatic rings. The number of hydrogen-bond donors (Lipinski definition) is 0. The Labute approximate surface area is 149 Å². The second-order valence-electron chi connectivity index (χ2n) is 7.49. The van der Waals surface area contributed by atoms with Gasteiger partial charge in [0.1, 0.15) is 6.04 Å². The first-order valence-electron chi connectivity index (χ1n) is 8.86. The quantitative estimate of drug-likeness (QED) is 0.452. The molecule has 1 aromatic carbocycles. The molecule has 1 saturated heterocycles. The lowest BCUT2D eigenvalue weighted by atomic mass is 9.90. The Hall–Kier alpha value is -2.17. The SMILES string of the molecule is CC(C)(C)C(=O)C(=O)N1CCCC1C(=O)OCCCc1ccccc1. The van der Waals surface area contributed by atoms with Crippen molar-refractivity contribution in [2.45, 2.75) is 52.5 Å². The highest BCUT2D eigenvalue weighted by molar-refractivity contribution is 6.38. The van der Waals surface area contributed by atoms with Gasteiger partial charge in [0.05, 0.1) is 6.61 Å². The normalized spacial score (nSPS) is 17.4. The molecule has 136 valence electrons. The van der Waals surface area contributed by atoms with Crippen LogP contribution in [-0.4, -0.2) is 41.8 Å². The maximum atomic E-state index is 12.4. The van der Waals surface area contributed by atoms with Gasteiger partial charge in [0.25, 0.3) is 5.91 Å². The third kappa shape index (κ3) is 5.15. The van der Waals surface area contributed by atoms with Crippen molar-refractivity contribution in [3.8, 4) is 0 Å². The molecule has 0 N–H and O–H groups in total. The first-order valence-corrected chi connectivity index (χ1v) is 8.86. The molecule has 1 unspecified atom stereocenters. The number of carbonyl (C=O) groups is 3. The summed E-state index contributed by atoms with van der Waals surface area (Å²) in [6, 6.07) is 9.38. The van der Waals surface area contributed by atoms with Crippen LogP contribution in [0, 0.1) is 5.41 Å². The van der Waals surface area contributed by atoms with E-state index in [1.807, 2.05) is 30.3 Å². The van der Waals surface area contributed by atoms with Crippen molar-refractivity contribution in [3.63, 3.8) is 0 Å². The average molecular weight is 345 g/mol. The van der Waals surface area contributed by atoms with Crippen molar-refractivity contribution < 1.29 is 19.1 Å². The summed E-state index contributed by atoms with van der Waals surface area (Å²) in [4.78, 5) is 38.3. The Morgan fingerprint density at radius 1 is 1.16 bits per heavy atom. The number of likely N-dealkylation sites (tertiary alicyclic amines) is 1. The Balaban J connectivity index is 1.83. The number of ketones is 1. The monoisotopic (exact) mass is 345 g/mol. The number of hydrogen-bond acceptors (Lipinski definition) is 4. The van der Waals surface area contributed by atoms with Crippen LogP contribution in [0.1, 0.15) is 45.6 Å². The van der Waals surface area contributed by atoms with Crippen LogP contribution in [0.4, 0.5) is 0 Å². The lowest BCUT2D eigenvalue weighted by molar-refractivity contribution is -0.157. The van der Waals surface area contributed by atoms with E-state index in [0.717, 1.165) is 12.8 Å². The molecule has 0 aromatic heterocycles. The number of aryl methyl sites for hydroxylation is 1. The van der Waals surface area contributed by atoms with Crippen molar-refractivity contribution >= 4 is 17.7 Å². The number of benzene rings is 1. The van der Waals surface area contributed by atoms with Crippen LogP contribution in [0.3, 0.4) is 0 Å². The molecule has 5 nitrogen and oxygen atoms in total. The van der Waals surface area contributed by atoms with E-state index in [1.54, 1.807) is 20.8 Å². The van der Waals surface area contributed by atoms with Crippen molar-refractivity contribution in [1.29, 1.82) is 0 Å². The first kappa shape index (κ1) is 19.2. The fraction of sp³-hybridized carbons (Fsp3) is 0.550. The van der Waals surface area contributed by atoms with Gasteiger partial charge in [0.2, 0.25) is 5.78 Å². The van der Waals surface area contributed by atoms with Gasteiger partial charge in [-0.25, -0.2) is 4.79 Å². The van der Waals surface area contributed by atoms with Crippen molar-refractivity contribution in [3.05, 3.63) is 35.9 Å². The van der Waals surface area contributed by atoms with E-state index in [2.05, 4.69) is 0 Å². The van der Waals surface area contributed by atoms with Crippen LogP contribution in [0.2, 0.25) is 0 Å². The van der Waals surface area contributed by atoms with E-state index in [4.69, 9.17) is 4.74 Å². The molecule has 1 aliphatic rings. The number of rotatable bonds is 6. The Morgan fingerprint density at radius 3 is 2.48 bits per heavy atom. The summed E-state index contributed by atoms with van der Waals surface area (Å²) in [5.74, 6) is -1.44. The van der Waals surface area contributed by atoms with Crippen LogP contribution >= 0.6 is 0 Å². The maximum Gasteiger partial charge on any atom is 0.328 e. The number of carbonyl (C=O) groups excluding carboxylic acids is 3. The second kappa shape index (κ2) is 8.28. The van der Waals surface area contributed by atoms with Crippen molar-refractivity contribution in [2.75, 3.05) is 13.2 Å². The van der Waals surface area contributed by atoms with Gasteiger partial charge in [0, 0.05) is 12.0 Å². The minimum absolute atomic E-state index is 0.319. The van der Waals surface area contributed by atoms with Gasteiger partial charge < -0.3 is 9.64 Å². The molecule has 0 spiro atoms. The summed E-state index contributed by atoms with van der Waals surface area (Å²) in [6.45, 7) is 5.88. The van der Waals surface area contributed by atoms with Gasteiger partial charge in [-0.1, -0.05) is 51.1 Å². The molecular formula is C20H27NO4. The fourth-order valence-electron chi connectivity index (χ4n) is 2.90. The van der Waals surface area contributed by atoms with E-state index < -0.39 is 29.1 Å². The van der Waals surface area contributed by atoms with Crippen LogP contribution in [0.25, 0.3) is 0 Å². The molecule has 0 aliphatic carbocycles. The molecule has 2 rings (SSSR count). The molecule has 1 heterocycles. The molecule has 1 atom stereocenters. The summed E-state index contributed by atoms with van der Waals surface area (Å²) in [5, 5.41) is 0. The zero-order chi connectivity index (χ0) is 18.4. The van der Waals surface area contributed by atoms with Crippen molar-refractivity contribution in [2.24, 2.45) is 5.41 Å². The number of Topliss-reactive ketones (excluding diaryl/α,β-unsaturated/α-hetero) is 1. The highest BCUT2D eigenvalue weighted by Crippen LogP contribution is 2.23. The van der Waals surface area contributed by atoms with E-state index >= 15 is 0 Å². The summed E-state index contributed by atoms with van der Waals surface area (Å²) >= 11 is 0. The molecule has 0 bridgehead atoms. The molecule has 0 radical (unpaired) electrons. The third-order valence-corrected chi connectivity index (χ3v) is 4.36. The Bertz CT molecular complexity index is 618. The van der Waals surface area contributed by atoms with Gasteiger partial charge in [-0.2, -0.15) is 0 Å². The summed E-state index contributed by atoms with van der Waals surface area (Å²) in [5.41, 5.74) is 0.455. The molecule has 0 saturated carbocycles. The smallest absolute Gasteiger partial charge is 0.328 e. The van der Waals surface area contributed by atoms with Gasteiger partial charge in [-0.05, 0) is 31.2 Å². The zero-order valence-electron chi connectivity index (χ0n) is 15.3. The van der Waals surface area contributed by atoms with Gasteiger partial charge in [-0.3, -0.25) is 9.59 Å². The van der Waals surface area contributed by atoms with Crippen LogP contribution in [0.15, 0.2) is 30.3 Å². The van der Waals surface area contributed by atoms with E-state index in [9.17, 15) is 14.4 Å². The average Bonchev–Trinajstić information content (AvgIpc) is 3.07. The summed E-state index contributed by atoms with van der Waals surface area (Å²) in [6.07, 6.45) is 2.84. The Morgan fingerprint density at radius 2 is 1.84 bits per heavy atom. The highest BCUT2D eigenvalue weighted by atomic mass is 16.5. The number of nitrogens with zero attached hydrogens (tertiary/aromatic N) is 1. The van der Waals surface area contributed by atoms with E-state index in [0.29, 0.717) is 26.0 Å². The minimum atomic E-state index is -0.746. The number of amides is 1. The second-order valence-corrected chi connectivity index (χ2v) is 7.49. The summed E-state index contributed by atoms with van der Waals surface area (Å²) < 4.78 is 5.35. The number of ether oxygens (including phenoxy) is 1. The van der Waals surface area contributed by atoms with Crippen LogP contribution < -0.4 is 0 Å². The lowest BCUT2D eigenvalue weighted by Crippen LogP contribution is -2.47. The minimum Gasteiger partial charge on any atom is -0.464 e. The molecule has 1 aliphatic heterocycles. The standard InChI is InChI=1S/C20H27NO4/c1-20(2,3)17(22)18(23)21-13-7-12-16(21)19(24)25-14-8-11-15-9-5-4-6-10-15/h4-6,9-10,16H,7-8,11-14H2,1-3H3. The van der Waals surface area contributed by atoms with Crippen LogP contribution in [0.5, 0.6) is 0 Å². The topological polar surface area (TPSA) is 63.7 Å². The number of esters is 1. The zero-order valence-corrected chi connectivity index (χ0v) is 15.3. The molecule has 25 heavy (non-hydrogen) atoms. The predicted molar refractivity (Wildman–Crippen MR) is 94.9 cm³/mol. The van der Waals surface area contributed by atoms with Crippen molar-refractivity contribution in [1.82, 2.24) is 4.90 Å². The lowest BCUT2D eigenvalue weighted by Gasteiger charge is -2.25. The van der Waals surface area contributed by atoms with Gasteiger partial charge in [-0.15, -0.1) is 0 Å². The fourth-order valence-corrected chi connectivity index (χ4v) is 2.90. The summed E-state index contributed by atoms with van der Waals surface area (Å²) in [7, 11) is 0. The largest absolute Gasteiger partial charge is 0.464 e. The predicted octanol–water partition coefficient (Wildman–Crippen LogP) is 2.77. The van der Waals surface area contributed by atoms with Gasteiger partial charge in [0.15, 0.2) is 0 Å². The van der Waals surface area contributed by atoms with Crippen LogP contribution in [-0.2, 0) is 25.5 Å². The molecule has 1 amide bonds. The van der Waals surface area contributed by atoms with E-state index in [-0.39, 0.29) is 0 Å². The third-order valence-electron chi connectivity index (χ3n) is 4.36. The molecule has 1 fully saturated rings.